The Morgan fingerprint density at radius 1 is 0.657 bits per heavy atom. The minimum atomic E-state index is -2.36. The first-order valence-electron chi connectivity index (χ1n) is 35.7. The number of benzene rings is 4. The fourth-order valence-electron chi connectivity index (χ4n) is 11.9. The number of nitrogens with zero attached hydrogens (tertiary/aromatic N) is 4. The smallest absolute Gasteiger partial charge is 0.305 e. The minimum Gasteiger partial charge on any atom is -0.494 e. The number of carboxylic acid groups (broad SMARTS) is 1. The summed E-state index contributed by atoms with van der Waals surface area (Å²) in [5, 5.41) is 77.5. The van der Waals surface area contributed by atoms with Gasteiger partial charge in [-0.25, -0.2) is 9.37 Å². The number of aliphatic carboxylic acids is 1. The van der Waals surface area contributed by atoms with Crippen molar-refractivity contribution < 1.29 is 82.3 Å². The number of aryl methyl sites for hydroxylation is 5. The summed E-state index contributed by atoms with van der Waals surface area (Å²) in [7, 11) is 0. The first-order valence-corrected chi connectivity index (χ1v) is 35.7. The molecule has 0 aliphatic rings. The zero-order valence-corrected chi connectivity index (χ0v) is 61.4. The van der Waals surface area contributed by atoms with E-state index in [1.54, 1.807) is 36.8 Å². The molecule has 10 atom stereocenters. The van der Waals surface area contributed by atoms with Crippen LogP contribution in [0, 0.1) is 19.7 Å². The van der Waals surface area contributed by atoms with Crippen molar-refractivity contribution in [1.82, 2.24) is 78.4 Å². The van der Waals surface area contributed by atoms with Crippen molar-refractivity contribution in [2.45, 2.75) is 198 Å². The molecule has 0 spiro atoms. The van der Waals surface area contributed by atoms with Crippen LogP contribution in [0.15, 0.2) is 97.5 Å². The number of nitrogens with one attached hydrogen (secondary N) is 11. The zero-order chi connectivity index (χ0) is 79.0. The second kappa shape index (κ2) is 42.9. The van der Waals surface area contributed by atoms with E-state index in [1.807, 2.05) is 57.2 Å². The molecule has 33 nitrogen and oxygen atoms in total. The van der Waals surface area contributed by atoms with E-state index in [9.17, 15) is 73.2 Å². The molecule has 584 valence electrons. The molecule has 0 bridgehead atoms. The number of tetrazole rings is 1. The molecule has 0 saturated heterocycles. The van der Waals surface area contributed by atoms with Crippen LogP contribution in [0.2, 0.25) is 0 Å². The van der Waals surface area contributed by atoms with Gasteiger partial charge in [0, 0.05) is 37.6 Å². The molecular formula is C74H100FN17O16. The summed E-state index contributed by atoms with van der Waals surface area (Å²) in [6, 6.07) is 11.5. The van der Waals surface area contributed by atoms with Gasteiger partial charge in [0.25, 0.3) is 0 Å². The Kier molecular flexibility index (Phi) is 34.1. The summed E-state index contributed by atoms with van der Waals surface area (Å²) >= 11 is 0. The molecule has 0 saturated carbocycles. The van der Waals surface area contributed by atoms with Gasteiger partial charge in [0.15, 0.2) is 5.82 Å². The predicted molar refractivity (Wildman–Crippen MR) is 391 cm³/mol. The fraction of sp³-hybridized carbons (Fsp3) is 0.473. The number of hydrogen-bond acceptors (Lipinski definition) is 20. The molecule has 0 aliphatic heterocycles. The highest BCUT2D eigenvalue weighted by Crippen LogP contribution is 2.29. The van der Waals surface area contributed by atoms with E-state index in [1.165, 1.54) is 18.2 Å². The third kappa shape index (κ3) is 27.7. The Hall–Kier alpha value is -11.1. The number of carboxylic acids is 1. The number of ether oxygens (including phenoxy) is 1. The van der Waals surface area contributed by atoms with Gasteiger partial charge in [-0.05, 0) is 151 Å². The van der Waals surface area contributed by atoms with Crippen LogP contribution in [0.1, 0.15) is 130 Å². The van der Waals surface area contributed by atoms with E-state index in [2.05, 4.69) is 78.4 Å². The van der Waals surface area contributed by atoms with Crippen LogP contribution >= 0.6 is 0 Å². The summed E-state index contributed by atoms with van der Waals surface area (Å²) < 4.78 is 21.4. The Bertz CT molecular complexity index is 3980. The van der Waals surface area contributed by atoms with Gasteiger partial charge >= 0.3 is 5.97 Å². The molecule has 0 radical (unpaired) electrons. The van der Waals surface area contributed by atoms with Gasteiger partial charge in [-0.2, -0.15) is 5.21 Å². The highest BCUT2D eigenvalue weighted by molar-refractivity contribution is 6.00. The van der Waals surface area contributed by atoms with Crippen molar-refractivity contribution in [3.8, 4) is 16.9 Å². The predicted octanol–water partition coefficient (Wildman–Crippen LogP) is -0.0217. The quantitative estimate of drug-likeness (QED) is 0.0223. The standard InChI is InChI=1S/C74H100FN17O16/c1-7-48-34-52(108-29-14-13-28-76)26-27-53(48)49-24-22-46(23-25-49)33-56(68(102)82-55(66(77)100)20-15-16-47-31-42(2)30-43(3)32-47)83-69(103)58(36-63(98)99)84-70(104)59(40-93)85-71(105)64(44(4)94)87-73(107)74(6,37-50-17-11-12-19-54(50)75)88-72(106)65(45(5)95)86-62(97)39-79-67(101)57(35-60-89-91-92-90-60)81-61(96)21-10-8-9-18-51-38-78-41-80-51/h11-12,17,19,22-27,30-32,34,38,41,44-45,55-59,64-65,93-95H,7-10,13-16,18,20-21,28-29,33,35-37,39-40,76H2,1-6H3,(H2,77,100)(H,78,80)(H,79,101)(H,81,96)(H,82,102)(H,83,103)(H,84,104)(H,85,105)(H,86,97)(H,87,107)(H,88,106)(H,98,99)(H,89,90,91,92)/t44-,45-,55+,56+,57+,58+,59+,64+,65+,74+/m1/s1. The molecule has 0 fully saturated rings. The Labute approximate surface area is 624 Å². The zero-order valence-electron chi connectivity index (χ0n) is 61.4. The summed E-state index contributed by atoms with van der Waals surface area (Å²) in [4.78, 5) is 159. The number of unbranched alkanes of at least 4 members (excludes halogenated alkanes) is 3. The van der Waals surface area contributed by atoms with Gasteiger partial charge in [-0.1, -0.05) is 96.4 Å². The molecule has 10 amide bonds. The molecule has 2 aromatic heterocycles. The number of carbonyl (C=O) groups excluding carboxylic acids is 10. The molecule has 0 unspecified atom stereocenters. The number of aromatic amines is 2. The van der Waals surface area contributed by atoms with E-state index in [0.29, 0.717) is 63.0 Å². The highest BCUT2D eigenvalue weighted by atomic mass is 19.1. The van der Waals surface area contributed by atoms with Gasteiger partial charge in [0.2, 0.25) is 59.1 Å². The number of aliphatic hydroxyl groups excluding tert-OH is 3. The molecule has 108 heavy (non-hydrogen) atoms. The number of halogens is 1. The molecule has 6 rings (SSSR count). The summed E-state index contributed by atoms with van der Waals surface area (Å²) in [5.41, 5.74) is 16.1. The molecule has 2 heterocycles. The van der Waals surface area contributed by atoms with Crippen molar-refractivity contribution in [1.29, 1.82) is 0 Å². The van der Waals surface area contributed by atoms with Crippen molar-refractivity contribution in [2.75, 3.05) is 26.3 Å². The number of H-pyrrole nitrogens is 2. The normalized spacial score (nSPS) is 14.2. The summed E-state index contributed by atoms with van der Waals surface area (Å²) in [5.74, 6) is -12.6. The minimum absolute atomic E-state index is 0.0439. The van der Waals surface area contributed by atoms with E-state index < -0.39 is 157 Å². The topological polar surface area (TPSA) is 521 Å². The first-order chi connectivity index (χ1) is 51.5. The van der Waals surface area contributed by atoms with E-state index >= 15 is 4.39 Å². The van der Waals surface area contributed by atoms with Crippen LogP contribution in [0.4, 0.5) is 4.39 Å². The number of carbonyl (C=O) groups is 11. The lowest BCUT2D eigenvalue weighted by Crippen LogP contribution is -2.67. The third-order valence-corrected chi connectivity index (χ3v) is 17.7. The number of amides is 10. The maximum atomic E-state index is 15.5. The second-order valence-corrected chi connectivity index (χ2v) is 26.8. The lowest BCUT2D eigenvalue weighted by molar-refractivity contribution is -0.142. The van der Waals surface area contributed by atoms with Crippen LogP contribution in [-0.2, 0) is 91.3 Å². The first kappa shape index (κ1) is 85.8. The molecular weight excluding hydrogens is 1400 g/mol. The fourth-order valence-corrected chi connectivity index (χ4v) is 11.9. The van der Waals surface area contributed by atoms with Gasteiger partial charge < -0.3 is 89.5 Å². The van der Waals surface area contributed by atoms with Gasteiger partial charge in [-0.3, -0.25) is 52.7 Å². The maximum absolute atomic E-state index is 15.5. The number of hydrogen-bond donors (Lipinski definition) is 17. The summed E-state index contributed by atoms with van der Waals surface area (Å²) in [6.07, 6.45) is 3.25. The lowest BCUT2D eigenvalue weighted by atomic mass is 9.90. The van der Waals surface area contributed by atoms with Gasteiger partial charge in [-0.15, -0.1) is 10.2 Å². The SMILES string of the molecule is CCc1cc(OCCCCN)ccc1-c1ccc(C[C@H](NC(=O)[C@H](CC(=O)O)NC(=O)[C@H](CO)NC(=O)[C@@H](NC(=O)[C@](C)(Cc2ccccc2F)NC(=O)[C@@H](NC(=O)CNC(=O)[C@H](Cc2nn[nH]n2)NC(=O)CCCCCc2cnc[nH]2)[C@@H](C)O)[C@@H](C)O)C(=O)N[C@@H](CCCc2cc(C)cc(C)c2)C(N)=O)cc1. The molecule has 4 aromatic carbocycles. The number of primary amides is 1. The summed E-state index contributed by atoms with van der Waals surface area (Å²) in [6.45, 7) is 8.07. The van der Waals surface area contributed by atoms with E-state index in [0.717, 1.165) is 85.2 Å². The van der Waals surface area contributed by atoms with Crippen molar-refractivity contribution >= 4 is 65.0 Å². The second-order valence-electron chi connectivity index (χ2n) is 26.8. The van der Waals surface area contributed by atoms with Gasteiger partial charge in [0.1, 0.15) is 59.4 Å². The average Bonchev–Trinajstić information content (AvgIpc) is 0.827. The van der Waals surface area contributed by atoms with Crippen LogP contribution in [0.5, 0.6) is 5.75 Å². The largest absolute Gasteiger partial charge is 0.494 e. The number of rotatable bonds is 46. The number of aromatic nitrogens is 6. The number of nitrogens with two attached hydrogens (primary N) is 2. The molecule has 6 aromatic rings. The molecule has 0 aliphatic carbocycles. The van der Waals surface area contributed by atoms with Gasteiger partial charge in [0.05, 0.1) is 44.7 Å². The highest BCUT2D eigenvalue weighted by Gasteiger charge is 2.43. The van der Waals surface area contributed by atoms with Crippen LogP contribution in [-0.4, -0.2) is 202 Å². The lowest BCUT2D eigenvalue weighted by Gasteiger charge is -2.34. The average molecular weight is 1500 g/mol. The molecule has 19 N–H and O–H groups in total. The Morgan fingerprint density at radius 2 is 1.31 bits per heavy atom. The van der Waals surface area contributed by atoms with Crippen LogP contribution < -0.4 is 64.1 Å². The van der Waals surface area contributed by atoms with E-state index in [-0.39, 0.29) is 37.1 Å². The monoisotopic (exact) mass is 1500 g/mol. The molecule has 34 heteroatoms. The number of aliphatic hydroxyl groups is 3. The maximum Gasteiger partial charge on any atom is 0.305 e. The van der Waals surface area contributed by atoms with Crippen molar-refractivity contribution in [2.24, 2.45) is 11.5 Å². The van der Waals surface area contributed by atoms with E-state index in [4.69, 9.17) is 16.2 Å². The van der Waals surface area contributed by atoms with Crippen LogP contribution in [0.3, 0.4) is 0 Å². The Balaban J connectivity index is 1.16. The Morgan fingerprint density at radius 3 is 1.94 bits per heavy atom. The van der Waals surface area contributed by atoms with Crippen molar-refractivity contribution in [3.63, 3.8) is 0 Å². The third-order valence-electron chi connectivity index (χ3n) is 17.7. The number of imidazole rings is 1. The van der Waals surface area contributed by atoms with Crippen LogP contribution in [0.25, 0.3) is 11.1 Å². The van der Waals surface area contributed by atoms with Crippen molar-refractivity contribution in [3.05, 3.63) is 148 Å².